The van der Waals surface area contributed by atoms with Gasteiger partial charge in [0.1, 0.15) is 19.0 Å². The Balaban J connectivity index is 1.89. The van der Waals surface area contributed by atoms with Gasteiger partial charge < -0.3 is 14.6 Å². The molecule has 0 aromatic heterocycles. The first kappa shape index (κ1) is 25.3. The highest BCUT2D eigenvalue weighted by Gasteiger charge is 2.12. The number of aryl methyl sites for hydroxylation is 3. The summed E-state index contributed by atoms with van der Waals surface area (Å²) in [7, 11) is 0. The van der Waals surface area contributed by atoms with Crippen LogP contribution in [0.2, 0.25) is 0 Å². The van der Waals surface area contributed by atoms with Crippen molar-refractivity contribution in [3.63, 3.8) is 0 Å². The van der Waals surface area contributed by atoms with Crippen molar-refractivity contribution in [3.8, 4) is 28.0 Å². The molecular formula is C30H34O4. The molecule has 0 saturated heterocycles. The molecule has 0 unspecified atom stereocenters. The maximum atomic E-state index is 11.7. The minimum atomic E-state index is -0.417. The second-order valence-corrected chi connectivity index (χ2v) is 8.51. The molecule has 0 aliphatic carbocycles. The van der Waals surface area contributed by atoms with E-state index in [0.29, 0.717) is 12.0 Å². The largest absolute Gasteiger partial charge is 0.489 e. The SMILES string of the molecule is C=C(C)C(=O)OCCOc1cc(CCCO)ccc1-c1ccc(-c2ccc(C)cc2)c(CC)c1. The molecule has 34 heavy (non-hydrogen) atoms. The lowest BCUT2D eigenvalue weighted by molar-refractivity contribution is -0.139. The number of aliphatic hydroxyl groups is 1. The molecule has 0 aliphatic rings. The van der Waals surface area contributed by atoms with Gasteiger partial charge in [-0.05, 0) is 67.0 Å². The Bertz CT molecular complexity index is 1130. The van der Waals surface area contributed by atoms with Crippen molar-refractivity contribution >= 4 is 5.97 Å². The predicted octanol–water partition coefficient (Wildman–Crippen LogP) is 6.31. The average Bonchev–Trinajstić information content (AvgIpc) is 2.85. The van der Waals surface area contributed by atoms with Crippen LogP contribution in [0, 0.1) is 6.92 Å². The van der Waals surface area contributed by atoms with Gasteiger partial charge in [-0.25, -0.2) is 4.79 Å². The number of hydrogen-bond acceptors (Lipinski definition) is 4. The minimum absolute atomic E-state index is 0.148. The molecule has 3 aromatic carbocycles. The fourth-order valence-corrected chi connectivity index (χ4v) is 3.84. The van der Waals surface area contributed by atoms with E-state index >= 15 is 0 Å². The van der Waals surface area contributed by atoms with Gasteiger partial charge in [0.2, 0.25) is 0 Å². The number of aliphatic hydroxyl groups excluding tert-OH is 1. The van der Waals surface area contributed by atoms with Crippen LogP contribution in [0.1, 0.15) is 37.0 Å². The van der Waals surface area contributed by atoms with Gasteiger partial charge in [0.25, 0.3) is 0 Å². The summed E-state index contributed by atoms with van der Waals surface area (Å²) in [6.07, 6.45) is 2.38. The highest BCUT2D eigenvalue weighted by Crippen LogP contribution is 2.35. The number of carbonyl (C=O) groups excluding carboxylic acids is 1. The third kappa shape index (κ3) is 6.58. The lowest BCUT2D eigenvalue weighted by Gasteiger charge is -2.16. The third-order valence-electron chi connectivity index (χ3n) is 5.75. The molecular weight excluding hydrogens is 424 g/mol. The number of hydrogen-bond donors (Lipinski definition) is 1. The topological polar surface area (TPSA) is 55.8 Å². The van der Waals surface area contributed by atoms with Gasteiger partial charge in [-0.2, -0.15) is 0 Å². The number of esters is 1. The van der Waals surface area contributed by atoms with Gasteiger partial charge in [0.15, 0.2) is 0 Å². The number of carbonyl (C=O) groups is 1. The highest BCUT2D eigenvalue weighted by atomic mass is 16.6. The monoisotopic (exact) mass is 458 g/mol. The molecule has 0 spiro atoms. The Morgan fingerprint density at radius 3 is 2.32 bits per heavy atom. The third-order valence-corrected chi connectivity index (χ3v) is 5.75. The van der Waals surface area contributed by atoms with Gasteiger partial charge in [-0.15, -0.1) is 0 Å². The zero-order chi connectivity index (χ0) is 24.5. The molecule has 0 heterocycles. The first-order valence-corrected chi connectivity index (χ1v) is 11.8. The van der Waals surface area contributed by atoms with Gasteiger partial charge in [0.05, 0.1) is 0 Å². The fraction of sp³-hybridized carbons (Fsp3) is 0.300. The molecule has 0 amide bonds. The normalized spacial score (nSPS) is 10.7. The van der Waals surface area contributed by atoms with Crippen molar-refractivity contribution in [3.05, 3.63) is 89.5 Å². The molecule has 178 valence electrons. The van der Waals surface area contributed by atoms with Gasteiger partial charge in [-0.1, -0.05) is 73.7 Å². The Kier molecular flexibility index (Phi) is 9.06. The van der Waals surface area contributed by atoms with Crippen LogP contribution in [0.25, 0.3) is 22.3 Å². The van der Waals surface area contributed by atoms with Crippen molar-refractivity contribution in [2.24, 2.45) is 0 Å². The summed E-state index contributed by atoms with van der Waals surface area (Å²) < 4.78 is 11.3. The van der Waals surface area contributed by atoms with Crippen molar-refractivity contribution in [2.45, 2.75) is 40.0 Å². The van der Waals surface area contributed by atoms with Crippen molar-refractivity contribution < 1.29 is 19.4 Å². The summed E-state index contributed by atoms with van der Waals surface area (Å²) in [5.41, 5.74) is 8.50. The van der Waals surface area contributed by atoms with E-state index in [1.165, 1.54) is 22.3 Å². The Morgan fingerprint density at radius 1 is 0.941 bits per heavy atom. The van der Waals surface area contributed by atoms with Gasteiger partial charge >= 0.3 is 5.97 Å². The van der Waals surface area contributed by atoms with Crippen LogP contribution in [0.4, 0.5) is 0 Å². The summed E-state index contributed by atoms with van der Waals surface area (Å²) >= 11 is 0. The van der Waals surface area contributed by atoms with Crippen LogP contribution < -0.4 is 4.74 Å². The number of ether oxygens (including phenoxy) is 2. The van der Waals surface area contributed by atoms with E-state index in [9.17, 15) is 9.90 Å². The molecule has 0 radical (unpaired) electrons. The summed E-state index contributed by atoms with van der Waals surface area (Å²) in [6.45, 7) is 10.0. The molecule has 0 atom stereocenters. The molecule has 0 fully saturated rings. The van der Waals surface area contributed by atoms with Gasteiger partial charge in [0, 0.05) is 17.7 Å². The van der Waals surface area contributed by atoms with Crippen LogP contribution in [0.3, 0.4) is 0 Å². The molecule has 0 bridgehead atoms. The van der Waals surface area contributed by atoms with E-state index < -0.39 is 5.97 Å². The van der Waals surface area contributed by atoms with E-state index in [2.05, 4.69) is 75.0 Å². The summed E-state index contributed by atoms with van der Waals surface area (Å²) in [6, 6.07) is 21.3. The Morgan fingerprint density at radius 2 is 1.65 bits per heavy atom. The highest BCUT2D eigenvalue weighted by molar-refractivity contribution is 5.86. The van der Waals surface area contributed by atoms with Crippen molar-refractivity contribution in [2.75, 3.05) is 19.8 Å². The lowest BCUT2D eigenvalue weighted by Crippen LogP contribution is -2.12. The first-order chi connectivity index (χ1) is 16.4. The van der Waals surface area contributed by atoms with Crippen LogP contribution in [-0.2, 0) is 22.4 Å². The zero-order valence-corrected chi connectivity index (χ0v) is 20.4. The second kappa shape index (κ2) is 12.2. The Hall–Kier alpha value is -3.37. The van der Waals surface area contributed by atoms with E-state index in [4.69, 9.17) is 9.47 Å². The first-order valence-electron chi connectivity index (χ1n) is 11.8. The average molecular weight is 459 g/mol. The van der Waals surface area contributed by atoms with E-state index in [0.717, 1.165) is 35.3 Å². The standard InChI is InChI=1S/C30H34O4/c1-5-24-20-26(13-15-27(24)25-11-8-22(4)9-12-25)28-14-10-23(7-6-16-31)19-29(28)33-17-18-34-30(32)21(2)3/h8-15,19-20,31H,2,5-7,16-18H2,1,3-4H3. The molecule has 3 rings (SSSR count). The van der Waals surface area contributed by atoms with Crippen molar-refractivity contribution in [1.82, 2.24) is 0 Å². The molecule has 1 N–H and O–H groups in total. The molecule has 4 nitrogen and oxygen atoms in total. The van der Waals surface area contributed by atoms with Crippen molar-refractivity contribution in [1.29, 1.82) is 0 Å². The van der Waals surface area contributed by atoms with Crippen LogP contribution >= 0.6 is 0 Å². The molecule has 3 aromatic rings. The smallest absolute Gasteiger partial charge is 0.333 e. The zero-order valence-electron chi connectivity index (χ0n) is 20.4. The van der Waals surface area contributed by atoms with E-state index in [1.54, 1.807) is 6.92 Å². The lowest BCUT2D eigenvalue weighted by atomic mass is 9.92. The maximum Gasteiger partial charge on any atom is 0.333 e. The fourth-order valence-electron chi connectivity index (χ4n) is 3.84. The van der Waals surface area contributed by atoms with E-state index in [1.807, 2.05) is 6.07 Å². The molecule has 4 heteroatoms. The number of benzene rings is 3. The quantitative estimate of drug-likeness (QED) is 0.208. The van der Waals surface area contributed by atoms with E-state index in [-0.39, 0.29) is 19.8 Å². The molecule has 0 saturated carbocycles. The van der Waals surface area contributed by atoms with Crippen LogP contribution in [0.5, 0.6) is 5.75 Å². The van der Waals surface area contributed by atoms with Crippen LogP contribution in [0.15, 0.2) is 72.8 Å². The summed E-state index contributed by atoms with van der Waals surface area (Å²) in [5.74, 6) is 0.326. The Labute approximate surface area is 202 Å². The number of rotatable bonds is 11. The second-order valence-electron chi connectivity index (χ2n) is 8.51. The minimum Gasteiger partial charge on any atom is -0.489 e. The molecule has 0 aliphatic heterocycles. The predicted molar refractivity (Wildman–Crippen MR) is 138 cm³/mol. The van der Waals surface area contributed by atoms with Crippen LogP contribution in [-0.4, -0.2) is 30.9 Å². The summed E-state index contributed by atoms with van der Waals surface area (Å²) in [5, 5.41) is 9.21. The maximum absolute atomic E-state index is 11.7. The summed E-state index contributed by atoms with van der Waals surface area (Å²) in [4.78, 5) is 11.7. The van der Waals surface area contributed by atoms with Gasteiger partial charge in [-0.3, -0.25) is 0 Å².